The summed E-state index contributed by atoms with van der Waals surface area (Å²) < 4.78 is 5.57. The van der Waals surface area contributed by atoms with Crippen molar-refractivity contribution in [2.45, 2.75) is 44.5 Å². The molecular formula is C9H14O2. The van der Waals surface area contributed by atoms with E-state index in [2.05, 4.69) is 13.0 Å². The summed E-state index contributed by atoms with van der Waals surface area (Å²) in [5, 5.41) is 9.53. The highest BCUT2D eigenvalue weighted by Gasteiger charge is 2.35. The van der Waals surface area contributed by atoms with Crippen LogP contribution in [-0.2, 0) is 4.74 Å². The van der Waals surface area contributed by atoms with E-state index in [0.29, 0.717) is 6.10 Å². The maximum Gasteiger partial charge on any atom is 0.105 e. The number of aliphatic hydroxyl groups is 1. The number of aliphatic hydroxyl groups excluding tert-OH is 1. The summed E-state index contributed by atoms with van der Waals surface area (Å²) in [6, 6.07) is 0. The van der Waals surface area contributed by atoms with E-state index < -0.39 is 0 Å². The van der Waals surface area contributed by atoms with Gasteiger partial charge in [0, 0.05) is 0 Å². The third-order valence-electron chi connectivity index (χ3n) is 2.59. The molecule has 0 aliphatic carbocycles. The van der Waals surface area contributed by atoms with E-state index in [1.54, 1.807) is 0 Å². The lowest BCUT2D eigenvalue weighted by atomic mass is 10.0. The van der Waals surface area contributed by atoms with Crippen molar-refractivity contribution in [3.8, 4) is 0 Å². The second-order valence-electron chi connectivity index (χ2n) is 3.33. The van der Waals surface area contributed by atoms with Crippen LogP contribution in [0.5, 0.6) is 0 Å². The van der Waals surface area contributed by atoms with Crippen LogP contribution >= 0.6 is 0 Å². The highest BCUT2D eigenvalue weighted by atomic mass is 16.5. The summed E-state index contributed by atoms with van der Waals surface area (Å²) in [7, 11) is 0. The molecule has 1 N–H and O–H groups in total. The number of ether oxygens (including phenoxy) is 1. The predicted molar refractivity (Wildman–Crippen MR) is 42.3 cm³/mol. The van der Waals surface area contributed by atoms with E-state index >= 15 is 0 Å². The van der Waals surface area contributed by atoms with Gasteiger partial charge in [-0.1, -0.05) is 13.0 Å². The summed E-state index contributed by atoms with van der Waals surface area (Å²) in [5.41, 5.74) is 1.29. The molecule has 0 unspecified atom stereocenters. The van der Waals surface area contributed by atoms with Crippen LogP contribution in [0.25, 0.3) is 0 Å². The fourth-order valence-electron chi connectivity index (χ4n) is 1.94. The molecular weight excluding hydrogens is 140 g/mol. The molecule has 0 saturated carbocycles. The second kappa shape index (κ2) is 2.61. The summed E-state index contributed by atoms with van der Waals surface area (Å²) in [6.07, 6.45) is 5.16. The molecule has 1 fully saturated rings. The SMILES string of the molecule is CCC1=C[C@H]2CC[C@@H](O)[C@@H]1O2. The molecule has 2 heteroatoms. The van der Waals surface area contributed by atoms with E-state index in [-0.39, 0.29) is 12.2 Å². The Morgan fingerprint density at radius 3 is 3.18 bits per heavy atom. The molecule has 0 spiro atoms. The third kappa shape index (κ3) is 1.10. The number of hydrogen-bond donors (Lipinski definition) is 1. The Bertz CT molecular complexity index is 186. The highest BCUT2D eigenvalue weighted by Crippen LogP contribution is 2.33. The summed E-state index contributed by atoms with van der Waals surface area (Å²) in [4.78, 5) is 0. The van der Waals surface area contributed by atoms with Gasteiger partial charge in [-0.25, -0.2) is 0 Å². The van der Waals surface area contributed by atoms with Gasteiger partial charge in [-0.05, 0) is 24.8 Å². The van der Waals surface area contributed by atoms with Crippen molar-refractivity contribution in [3.05, 3.63) is 11.6 Å². The van der Waals surface area contributed by atoms with E-state index in [9.17, 15) is 5.11 Å². The highest BCUT2D eigenvalue weighted by molar-refractivity contribution is 5.20. The first kappa shape index (κ1) is 7.32. The van der Waals surface area contributed by atoms with Crippen molar-refractivity contribution in [1.82, 2.24) is 0 Å². The Hall–Kier alpha value is -0.340. The van der Waals surface area contributed by atoms with Crippen LogP contribution in [-0.4, -0.2) is 23.4 Å². The minimum absolute atomic E-state index is 0.0266. The zero-order chi connectivity index (χ0) is 7.84. The molecule has 0 aromatic heterocycles. The number of rotatable bonds is 1. The Balaban J connectivity index is 2.17. The van der Waals surface area contributed by atoms with Gasteiger partial charge in [0.05, 0.1) is 12.2 Å². The average Bonchev–Trinajstić information content (AvgIpc) is 2.37. The average molecular weight is 154 g/mol. The first-order valence-corrected chi connectivity index (χ1v) is 4.35. The van der Waals surface area contributed by atoms with Crippen LogP contribution in [0.3, 0.4) is 0 Å². The van der Waals surface area contributed by atoms with E-state index in [1.807, 2.05) is 0 Å². The van der Waals surface area contributed by atoms with Crippen molar-refractivity contribution < 1.29 is 9.84 Å². The van der Waals surface area contributed by atoms with Gasteiger partial charge in [-0.3, -0.25) is 0 Å². The largest absolute Gasteiger partial charge is 0.390 e. The summed E-state index contributed by atoms with van der Waals surface area (Å²) >= 11 is 0. The minimum Gasteiger partial charge on any atom is -0.390 e. The Kier molecular flexibility index (Phi) is 1.74. The fourth-order valence-corrected chi connectivity index (χ4v) is 1.94. The molecule has 0 radical (unpaired) electrons. The van der Waals surface area contributed by atoms with Gasteiger partial charge >= 0.3 is 0 Å². The summed E-state index contributed by atoms with van der Waals surface area (Å²) in [5.74, 6) is 0. The van der Waals surface area contributed by atoms with Crippen LogP contribution in [0.2, 0.25) is 0 Å². The van der Waals surface area contributed by atoms with E-state index in [1.165, 1.54) is 5.57 Å². The molecule has 2 bridgehead atoms. The van der Waals surface area contributed by atoms with Crippen LogP contribution in [0, 0.1) is 0 Å². The molecule has 1 saturated heterocycles. The topological polar surface area (TPSA) is 29.5 Å². The van der Waals surface area contributed by atoms with Crippen molar-refractivity contribution >= 4 is 0 Å². The van der Waals surface area contributed by atoms with Crippen molar-refractivity contribution in [1.29, 1.82) is 0 Å². The number of hydrogen-bond acceptors (Lipinski definition) is 2. The molecule has 3 atom stereocenters. The van der Waals surface area contributed by atoms with Crippen LogP contribution in [0.4, 0.5) is 0 Å². The molecule has 2 aliphatic rings. The molecule has 11 heavy (non-hydrogen) atoms. The quantitative estimate of drug-likeness (QED) is 0.576. The maximum absolute atomic E-state index is 9.53. The zero-order valence-electron chi connectivity index (χ0n) is 6.79. The van der Waals surface area contributed by atoms with Gasteiger partial charge in [0.2, 0.25) is 0 Å². The van der Waals surface area contributed by atoms with E-state index in [4.69, 9.17) is 4.74 Å². The fraction of sp³-hybridized carbons (Fsp3) is 0.778. The van der Waals surface area contributed by atoms with E-state index in [0.717, 1.165) is 19.3 Å². The van der Waals surface area contributed by atoms with Crippen LogP contribution in [0.15, 0.2) is 11.6 Å². The predicted octanol–water partition coefficient (Wildman–Crippen LogP) is 1.24. The van der Waals surface area contributed by atoms with Crippen molar-refractivity contribution in [2.75, 3.05) is 0 Å². The van der Waals surface area contributed by atoms with Crippen molar-refractivity contribution in [3.63, 3.8) is 0 Å². The smallest absolute Gasteiger partial charge is 0.105 e. The maximum atomic E-state index is 9.53. The molecule has 2 rings (SSSR count). The summed E-state index contributed by atoms with van der Waals surface area (Å²) in [6.45, 7) is 2.11. The molecule has 62 valence electrons. The first-order chi connectivity index (χ1) is 5.31. The van der Waals surface area contributed by atoms with Gasteiger partial charge in [-0.2, -0.15) is 0 Å². The Morgan fingerprint density at radius 2 is 2.45 bits per heavy atom. The van der Waals surface area contributed by atoms with Crippen molar-refractivity contribution in [2.24, 2.45) is 0 Å². The Morgan fingerprint density at radius 1 is 1.64 bits per heavy atom. The minimum atomic E-state index is -0.250. The molecule has 0 aromatic carbocycles. The lowest BCUT2D eigenvalue weighted by Gasteiger charge is -2.27. The van der Waals surface area contributed by atoms with Crippen LogP contribution in [0.1, 0.15) is 26.2 Å². The number of fused-ring (bicyclic) bond motifs is 2. The van der Waals surface area contributed by atoms with Gasteiger partial charge in [0.15, 0.2) is 0 Å². The molecule has 0 amide bonds. The molecule has 2 aliphatic heterocycles. The standard InChI is InChI=1S/C9H14O2/c1-2-6-5-7-3-4-8(10)9(6)11-7/h5,7-10H,2-4H2,1H3/t7-,8-,9-/m1/s1. The lowest BCUT2D eigenvalue weighted by molar-refractivity contribution is -0.0672. The van der Waals surface area contributed by atoms with Gasteiger partial charge in [0.25, 0.3) is 0 Å². The van der Waals surface area contributed by atoms with Gasteiger partial charge in [-0.15, -0.1) is 0 Å². The zero-order valence-corrected chi connectivity index (χ0v) is 6.79. The second-order valence-corrected chi connectivity index (χ2v) is 3.33. The monoisotopic (exact) mass is 154 g/mol. The normalized spacial score (nSPS) is 42.4. The third-order valence-corrected chi connectivity index (χ3v) is 2.59. The van der Waals surface area contributed by atoms with Gasteiger partial charge in [0.1, 0.15) is 6.10 Å². The molecule has 2 nitrogen and oxygen atoms in total. The Labute approximate surface area is 66.9 Å². The first-order valence-electron chi connectivity index (χ1n) is 4.35. The van der Waals surface area contributed by atoms with Crippen LogP contribution < -0.4 is 0 Å². The molecule has 2 heterocycles. The molecule has 0 aromatic rings. The lowest BCUT2D eigenvalue weighted by Crippen LogP contribution is -2.34. The van der Waals surface area contributed by atoms with Gasteiger partial charge < -0.3 is 9.84 Å².